The van der Waals surface area contributed by atoms with E-state index in [1.807, 2.05) is 31.1 Å². The number of carbonyl (C=O) groups excluding carboxylic acids is 1. The minimum atomic E-state index is 0.216. The van der Waals surface area contributed by atoms with E-state index in [0.717, 1.165) is 12.8 Å². The van der Waals surface area contributed by atoms with Gasteiger partial charge in [0.15, 0.2) is 0 Å². The van der Waals surface area contributed by atoms with Gasteiger partial charge in [-0.3, -0.25) is 0 Å². The maximum Gasteiger partial charge on any atom is 0.115 e. The number of aromatic hydroxyl groups is 2. The van der Waals surface area contributed by atoms with E-state index in [1.54, 1.807) is 24.3 Å². The Bertz CT molecular complexity index is 645. The predicted octanol–water partition coefficient (Wildman–Crippen LogP) is 7.58. The van der Waals surface area contributed by atoms with Gasteiger partial charge in [0.1, 0.15) is 18.3 Å². The molecule has 0 aliphatic heterocycles. The number of phenols is 2. The van der Waals surface area contributed by atoms with Crippen molar-refractivity contribution in [3.63, 3.8) is 0 Å². The molecule has 2 N–H and O–H groups in total. The van der Waals surface area contributed by atoms with E-state index in [4.69, 9.17) is 15.0 Å². The van der Waals surface area contributed by atoms with E-state index in [2.05, 4.69) is 27.7 Å². The third-order valence-electron chi connectivity index (χ3n) is 5.54. The quantitative estimate of drug-likeness (QED) is 0.394. The molecule has 0 heterocycles. The van der Waals surface area contributed by atoms with Gasteiger partial charge in [0.05, 0.1) is 0 Å². The average Bonchev–Trinajstić information content (AvgIpc) is 2.76. The van der Waals surface area contributed by atoms with Gasteiger partial charge in [-0.25, -0.2) is 0 Å². The Kier molecular flexibility index (Phi) is 15.2. The Labute approximate surface area is 184 Å². The normalized spacial score (nSPS) is 10.4. The van der Waals surface area contributed by atoms with Gasteiger partial charge in [0.2, 0.25) is 0 Å². The smallest absolute Gasteiger partial charge is 0.115 e. The first-order valence-electron chi connectivity index (χ1n) is 11.2. The third kappa shape index (κ3) is 12.3. The van der Waals surface area contributed by atoms with E-state index in [-0.39, 0.29) is 5.41 Å². The second kappa shape index (κ2) is 16.5. The zero-order chi connectivity index (χ0) is 22.8. The van der Waals surface area contributed by atoms with Gasteiger partial charge in [-0.15, -0.1) is 0 Å². The highest BCUT2D eigenvalue weighted by Gasteiger charge is 2.17. The summed E-state index contributed by atoms with van der Waals surface area (Å²) in [5.41, 5.74) is 2.84. The molecule has 0 aliphatic carbocycles. The van der Waals surface area contributed by atoms with Crippen LogP contribution in [0.1, 0.15) is 90.2 Å². The van der Waals surface area contributed by atoms with Crippen molar-refractivity contribution in [1.82, 2.24) is 0 Å². The molecule has 3 heteroatoms. The van der Waals surface area contributed by atoms with Gasteiger partial charge in [-0.05, 0) is 60.1 Å². The summed E-state index contributed by atoms with van der Waals surface area (Å²) in [5.74, 6) is 0.703. The molecule has 0 spiro atoms. The number of benzene rings is 2. The summed E-state index contributed by atoms with van der Waals surface area (Å²) in [7, 11) is 0. The molecule has 3 nitrogen and oxygen atoms in total. The summed E-state index contributed by atoms with van der Waals surface area (Å²) in [6.45, 7) is 10.8. The fourth-order valence-electron chi connectivity index (χ4n) is 3.07. The van der Waals surface area contributed by atoms with Crippen LogP contribution in [0.3, 0.4) is 0 Å². The zero-order valence-electron chi connectivity index (χ0n) is 19.5. The van der Waals surface area contributed by atoms with Gasteiger partial charge >= 0.3 is 0 Å². The Hall–Kier alpha value is -2.29. The lowest BCUT2D eigenvalue weighted by Crippen LogP contribution is -2.14. The summed E-state index contributed by atoms with van der Waals surface area (Å²) in [6.07, 6.45) is 11.7. The summed E-state index contributed by atoms with van der Waals surface area (Å²) >= 11 is 0. The molecule has 0 atom stereocenters. The van der Waals surface area contributed by atoms with E-state index < -0.39 is 0 Å². The standard InChI is InChI=1S/C15H24O.C11H16O.CH2O/c1-2-3-4-5-6-7-8-9-14-10-12-15(16)13-11-14;1-4-11(2,3)9-5-7-10(12)8-6-9;1-2/h10-13,16H,2-9H2,1H3;5-8,12H,4H2,1-3H3;1H2. The molecule has 0 aromatic heterocycles. The highest BCUT2D eigenvalue weighted by atomic mass is 16.3. The van der Waals surface area contributed by atoms with Gasteiger partial charge in [0, 0.05) is 0 Å². The first-order chi connectivity index (χ1) is 14.4. The second-order valence-electron chi connectivity index (χ2n) is 8.32. The largest absolute Gasteiger partial charge is 0.508 e. The fraction of sp³-hybridized carbons (Fsp3) is 0.519. The monoisotopic (exact) mass is 414 g/mol. The molecule has 0 radical (unpaired) electrons. The van der Waals surface area contributed by atoms with Gasteiger partial charge < -0.3 is 15.0 Å². The van der Waals surface area contributed by atoms with Crippen molar-refractivity contribution in [1.29, 1.82) is 0 Å². The maximum atomic E-state index is 9.15. The van der Waals surface area contributed by atoms with E-state index in [9.17, 15) is 0 Å². The van der Waals surface area contributed by atoms with Crippen LogP contribution in [-0.2, 0) is 16.6 Å². The first-order valence-corrected chi connectivity index (χ1v) is 11.2. The van der Waals surface area contributed by atoms with Gasteiger partial charge in [-0.2, -0.15) is 0 Å². The summed E-state index contributed by atoms with van der Waals surface area (Å²) in [5, 5.41) is 18.2. The minimum Gasteiger partial charge on any atom is -0.508 e. The molecule has 0 aliphatic rings. The molecule has 2 aromatic carbocycles. The van der Waals surface area contributed by atoms with E-state index >= 15 is 0 Å². The van der Waals surface area contributed by atoms with E-state index in [0.29, 0.717) is 11.5 Å². The lowest BCUT2D eigenvalue weighted by Gasteiger charge is -2.22. The highest BCUT2D eigenvalue weighted by molar-refractivity contribution is 5.30. The van der Waals surface area contributed by atoms with Crippen LogP contribution in [0.4, 0.5) is 0 Å². The number of aryl methyl sites for hydroxylation is 1. The van der Waals surface area contributed by atoms with Crippen LogP contribution in [0.5, 0.6) is 11.5 Å². The van der Waals surface area contributed by atoms with Gasteiger partial charge in [0.25, 0.3) is 0 Å². The molecule has 168 valence electrons. The second-order valence-corrected chi connectivity index (χ2v) is 8.32. The lowest BCUT2D eigenvalue weighted by molar-refractivity contribution is -0.0979. The summed E-state index contributed by atoms with van der Waals surface area (Å²) in [4.78, 5) is 8.00. The lowest BCUT2D eigenvalue weighted by atomic mass is 9.82. The molecule has 0 amide bonds. The molecule has 2 aromatic rings. The van der Waals surface area contributed by atoms with Gasteiger partial charge in [-0.1, -0.05) is 90.5 Å². The molecule has 2 rings (SSSR count). The Morgan fingerprint density at radius 2 is 1.13 bits per heavy atom. The number of hydrogen-bond acceptors (Lipinski definition) is 3. The fourth-order valence-corrected chi connectivity index (χ4v) is 3.07. The molecule has 0 saturated carbocycles. The van der Waals surface area contributed by atoms with Crippen molar-refractivity contribution in [3.8, 4) is 11.5 Å². The number of hydrogen-bond donors (Lipinski definition) is 2. The van der Waals surface area contributed by atoms with Crippen LogP contribution in [0.15, 0.2) is 48.5 Å². The molecule has 0 fully saturated rings. The van der Waals surface area contributed by atoms with Crippen LogP contribution >= 0.6 is 0 Å². The zero-order valence-corrected chi connectivity index (χ0v) is 19.5. The molecule has 30 heavy (non-hydrogen) atoms. The van der Waals surface area contributed by atoms with Crippen molar-refractivity contribution in [3.05, 3.63) is 59.7 Å². The number of unbranched alkanes of at least 4 members (excludes halogenated alkanes) is 6. The van der Waals surface area contributed by atoms with Crippen LogP contribution < -0.4 is 0 Å². The average molecular weight is 415 g/mol. The maximum absolute atomic E-state index is 9.15. The first kappa shape index (κ1) is 27.7. The SMILES string of the molecule is C=O.CCC(C)(C)c1ccc(O)cc1.CCCCCCCCCc1ccc(O)cc1. The topological polar surface area (TPSA) is 57.5 Å². The van der Waals surface area contributed by atoms with Crippen molar-refractivity contribution in [2.45, 2.75) is 90.9 Å². The molecular formula is C27H42O3. The van der Waals surface area contributed by atoms with Crippen LogP contribution in [0, 0.1) is 0 Å². The van der Waals surface area contributed by atoms with Crippen molar-refractivity contribution in [2.75, 3.05) is 0 Å². The predicted molar refractivity (Wildman–Crippen MR) is 128 cm³/mol. The Balaban J connectivity index is 0.000000535. The van der Waals surface area contributed by atoms with Crippen molar-refractivity contribution in [2.24, 2.45) is 0 Å². The number of carbonyl (C=O) groups is 1. The third-order valence-corrected chi connectivity index (χ3v) is 5.54. The molecular weight excluding hydrogens is 372 g/mol. The Morgan fingerprint density at radius 1 is 0.700 bits per heavy atom. The van der Waals surface area contributed by atoms with E-state index in [1.165, 1.54) is 56.1 Å². The van der Waals surface area contributed by atoms with Crippen molar-refractivity contribution < 1.29 is 15.0 Å². The Morgan fingerprint density at radius 3 is 1.60 bits per heavy atom. The van der Waals surface area contributed by atoms with Crippen LogP contribution in [0.2, 0.25) is 0 Å². The summed E-state index contributed by atoms with van der Waals surface area (Å²) in [6, 6.07) is 15.0. The van der Waals surface area contributed by atoms with Crippen LogP contribution in [0.25, 0.3) is 0 Å². The molecule has 0 unspecified atom stereocenters. The highest BCUT2D eigenvalue weighted by Crippen LogP contribution is 2.27. The van der Waals surface area contributed by atoms with Crippen molar-refractivity contribution >= 4 is 6.79 Å². The number of rotatable bonds is 10. The summed E-state index contributed by atoms with van der Waals surface area (Å²) < 4.78 is 0. The van der Waals surface area contributed by atoms with Crippen LogP contribution in [-0.4, -0.2) is 17.0 Å². The molecule has 0 bridgehead atoms. The minimum absolute atomic E-state index is 0.216. The molecule has 0 saturated heterocycles. The number of phenolic OH excluding ortho intramolecular Hbond substituents is 2.